The summed E-state index contributed by atoms with van der Waals surface area (Å²) in [4.78, 5) is 10.7. The molecular weight excluding hydrogens is 273 g/mol. The van der Waals surface area contributed by atoms with Crippen molar-refractivity contribution in [2.45, 2.75) is 32.6 Å². The molecule has 0 saturated carbocycles. The van der Waals surface area contributed by atoms with Crippen molar-refractivity contribution >= 4 is 5.97 Å². The topological polar surface area (TPSA) is 26.3 Å². The van der Waals surface area contributed by atoms with Crippen LogP contribution in [0.1, 0.15) is 32.6 Å². The minimum atomic E-state index is -0.0871. The smallest absolute Gasteiger partial charge is 0.305 e. The van der Waals surface area contributed by atoms with Crippen LogP contribution in [-0.2, 0) is 29.0 Å². The Morgan fingerprint density at radius 3 is 2.42 bits per heavy atom. The van der Waals surface area contributed by atoms with Crippen LogP contribution in [0.25, 0.3) is 0 Å². The minimum absolute atomic E-state index is 0. The molecule has 12 heavy (non-hydrogen) atoms. The zero-order valence-corrected chi connectivity index (χ0v) is 12.2. The summed E-state index contributed by atoms with van der Waals surface area (Å²) in [6.45, 7) is 5.98. The Kier molecular flexibility index (Phi) is 21.6. The molecule has 69 valence electrons. The van der Waals surface area contributed by atoms with Gasteiger partial charge in [-0.3, -0.25) is 4.79 Å². The standard InChI is InChI=1S/C8H15O2.BrH.Zn/c1-3-5-6-7-8(9)10-4-2;;/h1,3-7H2,2H3;1H;/p-1. The van der Waals surface area contributed by atoms with Gasteiger partial charge in [-0.15, -0.1) is 0 Å². The normalized spacial score (nSPS) is 7.83. The summed E-state index contributed by atoms with van der Waals surface area (Å²) in [6.07, 6.45) is 3.36. The zero-order chi connectivity index (χ0) is 7.82. The molecule has 4 heteroatoms. The Balaban J connectivity index is -0.000000405. The molecule has 0 aliphatic carbocycles. The first-order valence-corrected chi connectivity index (χ1v) is 3.76. The van der Waals surface area contributed by atoms with E-state index in [2.05, 4.69) is 6.92 Å². The molecule has 0 spiro atoms. The molecule has 0 N–H and O–H groups in total. The first-order valence-electron chi connectivity index (χ1n) is 3.76. The van der Waals surface area contributed by atoms with Crippen LogP contribution in [0.4, 0.5) is 0 Å². The Morgan fingerprint density at radius 2 is 2.00 bits per heavy atom. The average Bonchev–Trinajstić information content (AvgIpc) is 1.89. The summed E-state index contributed by atoms with van der Waals surface area (Å²) in [5.41, 5.74) is 0. The second kappa shape index (κ2) is 14.1. The van der Waals surface area contributed by atoms with Gasteiger partial charge in [0.2, 0.25) is 0 Å². The molecule has 0 saturated heterocycles. The van der Waals surface area contributed by atoms with Crippen molar-refractivity contribution in [2.75, 3.05) is 6.61 Å². The molecule has 0 unspecified atom stereocenters. The van der Waals surface area contributed by atoms with E-state index in [9.17, 15) is 4.79 Å². The number of halogens is 1. The summed E-state index contributed by atoms with van der Waals surface area (Å²) in [7, 11) is 0. The van der Waals surface area contributed by atoms with Crippen molar-refractivity contribution in [1.29, 1.82) is 0 Å². The molecule has 1 radical (unpaired) electrons. The van der Waals surface area contributed by atoms with Crippen LogP contribution < -0.4 is 17.0 Å². The van der Waals surface area contributed by atoms with E-state index in [1.807, 2.05) is 6.92 Å². The summed E-state index contributed by atoms with van der Waals surface area (Å²) in [6, 6.07) is 0. The second-order valence-electron chi connectivity index (χ2n) is 2.12. The number of rotatable bonds is 5. The summed E-state index contributed by atoms with van der Waals surface area (Å²) < 4.78 is 4.73. The van der Waals surface area contributed by atoms with Crippen LogP contribution >= 0.6 is 0 Å². The maximum absolute atomic E-state index is 10.7. The van der Waals surface area contributed by atoms with Crippen molar-refractivity contribution in [3.05, 3.63) is 6.92 Å². The average molecular weight is 288 g/mol. The second-order valence-corrected chi connectivity index (χ2v) is 2.12. The van der Waals surface area contributed by atoms with Crippen molar-refractivity contribution in [1.82, 2.24) is 0 Å². The van der Waals surface area contributed by atoms with Crippen LogP contribution in [-0.4, -0.2) is 12.6 Å². The Morgan fingerprint density at radius 1 is 1.42 bits per heavy atom. The van der Waals surface area contributed by atoms with Gasteiger partial charge in [0.05, 0.1) is 6.61 Å². The largest absolute Gasteiger partial charge is 1.00 e. The fourth-order valence-electron chi connectivity index (χ4n) is 0.679. The van der Waals surface area contributed by atoms with E-state index in [0.29, 0.717) is 13.0 Å². The summed E-state index contributed by atoms with van der Waals surface area (Å²) in [5.74, 6) is -0.0871. The SMILES string of the molecule is [Br-].[CH2]CCCCC(=O)OCC.[Zn]. The van der Waals surface area contributed by atoms with Gasteiger partial charge in [-0.2, -0.15) is 0 Å². The van der Waals surface area contributed by atoms with Crippen molar-refractivity contribution < 1.29 is 46.0 Å². The van der Waals surface area contributed by atoms with Gasteiger partial charge < -0.3 is 21.7 Å². The van der Waals surface area contributed by atoms with Crippen LogP contribution in [0, 0.1) is 6.92 Å². The molecule has 0 bridgehead atoms. The van der Waals surface area contributed by atoms with Gasteiger partial charge >= 0.3 is 5.97 Å². The van der Waals surface area contributed by atoms with E-state index in [4.69, 9.17) is 4.74 Å². The van der Waals surface area contributed by atoms with Crippen molar-refractivity contribution in [2.24, 2.45) is 0 Å². The van der Waals surface area contributed by atoms with Gasteiger partial charge in [0.1, 0.15) is 0 Å². The molecule has 0 aliphatic rings. The third kappa shape index (κ3) is 13.2. The van der Waals surface area contributed by atoms with E-state index >= 15 is 0 Å². The first-order chi connectivity index (χ1) is 4.81. The molecule has 0 aromatic rings. The van der Waals surface area contributed by atoms with Gasteiger partial charge in [-0.25, -0.2) is 0 Å². The predicted octanol–water partition coefficient (Wildman–Crippen LogP) is -1.05. The summed E-state index contributed by atoms with van der Waals surface area (Å²) in [5, 5.41) is 0. The molecular formula is C8H15BrO2Zn-. The van der Waals surface area contributed by atoms with Gasteiger partial charge in [0.15, 0.2) is 0 Å². The van der Waals surface area contributed by atoms with E-state index in [-0.39, 0.29) is 42.4 Å². The number of carbonyl (C=O) groups excluding carboxylic acids is 1. The maximum Gasteiger partial charge on any atom is 0.305 e. The molecule has 0 aliphatic heterocycles. The molecule has 2 nitrogen and oxygen atoms in total. The van der Waals surface area contributed by atoms with Crippen LogP contribution in [0.3, 0.4) is 0 Å². The van der Waals surface area contributed by atoms with Crippen LogP contribution in [0.5, 0.6) is 0 Å². The number of esters is 1. The van der Waals surface area contributed by atoms with Crippen molar-refractivity contribution in [3.63, 3.8) is 0 Å². The van der Waals surface area contributed by atoms with Gasteiger partial charge in [0, 0.05) is 25.9 Å². The zero-order valence-electron chi connectivity index (χ0n) is 7.64. The number of hydrogen-bond acceptors (Lipinski definition) is 2. The molecule has 0 fully saturated rings. The fourth-order valence-corrected chi connectivity index (χ4v) is 0.679. The van der Waals surface area contributed by atoms with Gasteiger partial charge in [0.25, 0.3) is 0 Å². The fraction of sp³-hybridized carbons (Fsp3) is 0.750. The molecule has 0 atom stereocenters. The molecule has 0 heterocycles. The third-order valence-electron chi connectivity index (χ3n) is 1.19. The molecule has 0 amide bonds. The van der Waals surface area contributed by atoms with Gasteiger partial charge in [-0.05, 0) is 13.3 Å². The van der Waals surface area contributed by atoms with E-state index in [0.717, 1.165) is 19.3 Å². The molecule has 0 aromatic heterocycles. The van der Waals surface area contributed by atoms with E-state index < -0.39 is 0 Å². The Labute approximate surface area is 98.0 Å². The monoisotopic (exact) mass is 286 g/mol. The number of carbonyl (C=O) groups is 1. The number of hydrogen-bond donors (Lipinski definition) is 0. The van der Waals surface area contributed by atoms with E-state index in [1.165, 1.54) is 0 Å². The number of ether oxygens (including phenoxy) is 1. The maximum atomic E-state index is 10.7. The van der Waals surface area contributed by atoms with Crippen molar-refractivity contribution in [3.8, 4) is 0 Å². The summed E-state index contributed by atoms with van der Waals surface area (Å²) >= 11 is 0. The predicted molar refractivity (Wildman–Crippen MR) is 40.5 cm³/mol. The molecule has 0 rings (SSSR count). The van der Waals surface area contributed by atoms with Gasteiger partial charge in [-0.1, -0.05) is 19.8 Å². The van der Waals surface area contributed by atoms with E-state index in [1.54, 1.807) is 0 Å². The third-order valence-corrected chi connectivity index (χ3v) is 1.19. The minimum Gasteiger partial charge on any atom is -1.00 e. The Hall–Kier alpha value is 0.573. The number of unbranched alkanes of at least 4 members (excludes halogenated alkanes) is 2. The first kappa shape index (κ1) is 18.4. The quantitative estimate of drug-likeness (QED) is 0.366. The Bertz CT molecular complexity index is 99.1. The molecule has 0 aromatic carbocycles. The van der Waals surface area contributed by atoms with Crippen LogP contribution in [0.15, 0.2) is 0 Å². The van der Waals surface area contributed by atoms with Crippen LogP contribution in [0.2, 0.25) is 0 Å².